The van der Waals surface area contributed by atoms with E-state index in [9.17, 15) is 0 Å². The van der Waals surface area contributed by atoms with Gasteiger partial charge in [0, 0.05) is 32.7 Å². The summed E-state index contributed by atoms with van der Waals surface area (Å²) in [6, 6.07) is 0. The van der Waals surface area contributed by atoms with Crippen molar-refractivity contribution in [2.75, 3.05) is 52.9 Å². The highest BCUT2D eigenvalue weighted by molar-refractivity contribution is 5.77. The summed E-state index contributed by atoms with van der Waals surface area (Å²) in [4.78, 5) is 9.11. The number of hydrogen-bond acceptors (Lipinski definition) is 3. The van der Waals surface area contributed by atoms with Crippen molar-refractivity contribution in [2.45, 2.75) is 19.8 Å². The molecule has 5 nitrogen and oxygen atoms in total. The highest BCUT2D eigenvalue weighted by Crippen LogP contribution is 2.01. The highest BCUT2D eigenvalue weighted by Gasteiger charge is 2.12. The number of rotatable bonds is 7. The second kappa shape index (κ2) is 8.93. The van der Waals surface area contributed by atoms with E-state index in [1.165, 1.54) is 39.1 Å². The molecule has 1 fully saturated rings. The monoisotopic (exact) mass is 267 g/mol. The number of unbranched alkanes of at least 4 members (excludes halogenated alkanes) is 1. The molecule has 0 aliphatic carbocycles. The molecule has 0 saturated carbocycles. The zero-order valence-electron chi connectivity index (χ0n) is 12.5. The maximum absolute atomic E-state index is 5.74. The minimum absolute atomic E-state index is 0.530. The van der Waals surface area contributed by atoms with Gasteiger partial charge in [-0.3, -0.25) is 0 Å². The van der Waals surface area contributed by atoms with Crippen molar-refractivity contribution in [3.8, 4) is 0 Å². The van der Waals surface area contributed by atoms with E-state index in [0.717, 1.165) is 18.5 Å². The topological polar surface area (TPSA) is 56.9 Å². The van der Waals surface area contributed by atoms with E-state index in [0.29, 0.717) is 12.5 Å². The van der Waals surface area contributed by atoms with Gasteiger partial charge >= 0.3 is 0 Å². The van der Waals surface area contributed by atoms with Crippen molar-refractivity contribution in [3.63, 3.8) is 0 Å². The van der Waals surface area contributed by atoms with Gasteiger partial charge in [-0.2, -0.15) is 0 Å². The minimum atomic E-state index is 0.530. The number of piperazine rings is 1. The molecular weight excluding hydrogens is 238 g/mol. The maximum atomic E-state index is 5.74. The summed E-state index contributed by atoms with van der Waals surface area (Å²) in [6.45, 7) is 13.2. The van der Waals surface area contributed by atoms with E-state index in [-0.39, 0.29) is 0 Å². The summed E-state index contributed by atoms with van der Waals surface area (Å²) in [5.41, 5.74) is 6.77. The summed E-state index contributed by atoms with van der Waals surface area (Å²) < 4.78 is 0. The Morgan fingerprint density at radius 1 is 1.26 bits per heavy atom. The fourth-order valence-electron chi connectivity index (χ4n) is 2.02. The first-order valence-corrected chi connectivity index (χ1v) is 7.17. The van der Waals surface area contributed by atoms with Gasteiger partial charge in [-0.15, -0.1) is 0 Å². The second-order valence-corrected chi connectivity index (χ2v) is 5.44. The van der Waals surface area contributed by atoms with Gasteiger partial charge in [0.25, 0.3) is 0 Å². The van der Waals surface area contributed by atoms with Crippen molar-refractivity contribution < 1.29 is 0 Å². The lowest BCUT2D eigenvalue weighted by Gasteiger charge is -2.32. The predicted octanol–water partition coefficient (Wildman–Crippen LogP) is 0.494. The van der Waals surface area contributed by atoms with Crippen LogP contribution in [0.5, 0.6) is 0 Å². The molecule has 1 heterocycles. The number of guanidine groups is 1. The SMILES string of the molecule is C=C(C)CN=C(N)NCCCCN1CCN(C)CC1. The van der Waals surface area contributed by atoms with E-state index in [1.807, 2.05) is 6.92 Å². The fraction of sp³-hybridized carbons (Fsp3) is 0.786. The van der Waals surface area contributed by atoms with Gasteiger partial charge in [-0.05, 0) is 33.4 Å². The number of aliphatic imine (C=N–C) groups is 1. The van der Waals surface area contributed by atoms with Crippen molar-refractivity contribution in [1.82, 2.24) is 15.1 Å². The Morgan fingerprint density at radius 2 is 1.95 bits per heavy atom. The number of nitrogens with one attached hydrogen (secondary N) is 1. The largest absolute Gasteiger partial charge is 0.370 e. The first-order valence-electron chi connectivity index (χ1n) is 7.17. The Bertz CT molecular complexity index is 292. The zero-order chi connectivity index (χ0) is 14.1. The molecule has 1 aliphatic rings. The average Bonchev–Trinajstić information content (AvgIpc) is 2.38. The molecule has 0 aromatic rings. The molecule has 0 unspecified atom stereocenters. The normalized spacial score (nSPS) is 18.5. The van der Waals surface area contributed by atoms with Gasteiger partial charge in [-0.1, -0.05) is 12.2 Å². The molecule has 19 heavy (non-hydrogen) atoms. The summed E-state index contributed by atoms with van der Waals surface area (Å²) >= 11 is 0. The number of likely N-dealkylation sites (N-methyl/N-ethyl adjacent to an activating group) is 1. The summed E-state index contributed by atoms with van der Waals surface area (Å²) in [5, 5.41) is 3.14. The van der Waals surface area contributed by atoms with Crippen LogP contribution in [0, 0.1) is 0 Å². The van der Waals surface area contributed by atoms with Crippen LogP contribution in [0.25, 0.3) is 0 Å². The number of nitrogens with zero attached hydrogens (tertiary/aromatic N) is 3. The molecule has 1 rings (SSSR count). The lowest BCUT2D eigenvalue weighted by Crippen LogP contribution is -2.44. The van der Waals surface area contributed by atoms with Gasteiger partial charge in [0.2, 0.25) is 0 Å². The third kappa shape index (κ3) is 7.85. The standard InChI is InChI=1S/C14H29N5/c1-13(2)12-17-14(15)16-6-4-5-7-19-10-8-18(3)9-11-19/h1,4-12H2,2-3H3,(H3,15,16,17). The molecule has 1 aliphatic heterocycles. The molecular formula is C14H29N5. The summed E-state index contributed by atoms with van der Waals surface area (Å²) in [7, 11) is 2.19. The van der Waals surface area contributed by atoms with E-state index in [4.69, 9.17) is 5.73 Å². The van der Waals surface area contributed by atoms with Crippen LogP contribution in [-0.2, 0) is 0 Å². The van der Waals surface area contributed by atoms with Crippen LogP contribution in [0.4, 0.5) is 0 Å². The van der Waals surface area contributed by atoms with E-state index < -0.39 is 0 Å². The van der Waals surface area contributed by atoms with Crippen LogP contribution >= 0.6 is 0 Å². The smallest absolute Gasteiger partial charge is 0.188 e. The lowest BCUT2D eigenvalue weighted by molar-refractivity contribution is 0.152. The van der Waals surface area contributed by atoms with Gasteiger partial charge in [-0.25, -0.2) is 4.99 Å². The Morgan fingerprint density at radius 3 is 2.58 bits per heavy atom. The van der Waals surface area contributed by atoms with E-state index in [1.54, 1.807) is 0 Å². The Hall–Kier alpha value is -1.07. The summed E-state index contributed by atoms with van der Waals surface area (Å²) in [6.07, 6.45) is 2.35. The van der Waals surface area contributed by atoms with Crippen LogP contribution in [0.3, 0.4) is 0 Å². The molecule has 0 atom stereocenters. The van der Waals surface area contributed by atoms with Gasteiger partial charge in [0.15, 0.2) is 5.96 Å². The van der Waals surface area contributed by atoms with Crippen molar-refractivity contribution in [3.05, 3.63) is 12.2 Å². The van der Waals surface area contributed by atoms with Gasteiger partial charge in [0.1, 0.15) is 0 Å². The molecule has 110 valence electrons. The maximum Gasteiger partial charge on any atom is 0.188 e. The van der Waals surface area contributed by atoms with Crippen molar-refractivity contribution in [2.24, 2.45) is 10.7 Å². The zero-order valence-corrected chi connectivity index (χ0v) is 12.5. The fourth-order valence-corrected chi connectivity index (χ4v) is 2.02. The predicted molar refractivity (Wildman–Crippen MR) is 82.5 cm³/mol. The first-order chi connectivity index (χ1) is 9.08. The average molecular weight is 267 g/mol. The van der Waals surface area contributed by atoms with Gasteiger partial charge < -0.3 is 20.9 Å². The van der Waals surface area contributed by atoms with Crippen LogP contribution in [-0.4, -0.2) is 68.6 Å². The van der Waals surface area contributed by atoms with E-state index >= 15 is 0 Å². The molecule has 5 heteroatoms. The highest BCUT2D eigenvalue weighted by atomic mass is 15.2. The molecule has 0 bridgehead atoms. The second-order valence-electron chi connectivity index (χ2n) is 5.44. The Balaban J connectivity index is 1.99. The molecule has 3 N–H and O–H groups in total. The van der Waals surface area contributed by atoms with Crippen LogP contribution in [0.15, 0.2) is 17.1 Å². The molecule has 1 saturated heterocycles. The molecule has 0 amide bonds. The van der Waals surface area contributed by atoms with Gasteiger partial charge in [0.05, 0.1) is 6.54 Å². The van der Waals surface area contributed by atoms with Crippen LogP contribution in [0.1, 0.15) is 19.8 Å². The van der Waals surface area contributed by atoms with Crippen LogP contribution < -0.4 is 11.1 Å². The third-order valence-electron chi connectivity index (χ3n) is 3.32. The molecule has 0 radical (unpaired) electrons. The van der Waals surface area contributed by atoms with E-state index in [2.05, 4.69) is 33.7 Å². The Kier molecular flexibility index (Phi) is 7.52. The summed E-state index contributed by atoms with van der Waals surface area (Å²) in [5.74, 6) is 0.530. The first kappa shape index (κ1) is 16.0. The lowest BCUT2D eigenvalue weighted by atomic mass is 10.2. The third-order valence-corrected chi connectivity index (χ3v) is 3.32. The van der Waals surface area contributed by atoms with Crippen LogP contribution in [0.2, 0.25) is 0 Å². The van der Waals surface area contributed by atoms with Crippen molar-refractivity contribution >= 4 is 5.96 Å². The Labute approximate surface area is 117 Å². The molecule has 0 spiro atoms. The molecule has 0 aromatic heterocycles. The quantitative estimate of drug-likeness (QED) is 0.305. The number of nitrogens with two attached hydrogens (primary N) is 1. The molecule has 0 aromatic carbocycles. The number of hydrogen-bond donors (Lipinski definition) is 2. The van der Waals surface area contributed by atoms with Crippen molar-refractivity contribution in [1.29, 1.82) is 0 Å². The minimum Gasteiger partial charge on any atom is -0.370 e.